The summed E-state index contributed by atoms with van der Waals surface area (Å²) in [5, 5.41) is 0. The zero-order chi connectivity index (χ0) is 10.3. The molecule has 0 spiro atoms. The molecule has 0 saturated carbocycles. The Morgan fingerprint density at radius 3 is 2.50 bits per heavy atom. The maximum atomic E-state index is 5.77. The van der Waals surface area contributed by atoms with E-state index in [4.69, 9.17) is 30.5 Å². The minimum absolute atomic E-state index is 0.118. The van der Waals surface area contributed by atoms with Crippen LogP contribution in [0, 0.1) is 0 Å². The van der Waals surface area contributed by atoms with Crippen LogP contribution in [-0.4, -0.2) is 43.4 Å². The Labute approximate surface area is 88.4 Å². The number of ether oxygens (including phenoxy) is 4. The number of methoxy groups -OCH3 is 1. The summed E-state index contributed by atoms with van der Waals surface area (Å²) in [7, 11) is 1.59. The Balaban J connectivity index is 2.12. The molecule has 0 unspecified atom stereocenters. The van der Waals surface area contributed by atoms with Gasteiger partial charge in [0.05, 0.1) is 5.88 Å². The van der Waals surface area contributed by atoms with Crippen molar-refractivity contribution in [3.05, 3.63) is 0 Å². The lowest BCUT2D eigenvalue weighted by atomic mass is 10.2. The second kappa shape index (κ2) is 3.61. The van der Waals surface area contributed by atoms with Gasteiger partial charge in [0.25, 0.3) is 0 Å². The van der Waals surface area contributed by atoms with Crippen LogP contribution in [0.4, 0.5) is 0 Å². The molecule has 0 bridgehead atoms. The SMILES string of the molecule is CO[C@@H]1O[C@H](CCl)[C@H]2OC(C)(C)O[C@@H]12. The van der Waals surface area contributed by atoms with Crippen molar-refractivity contribution >= 4 is 11.6 Å². The van der Waals surface area contributed by atoms with Crippen LogP contribution in [-0.2, 0) is 18.9 Å². The number of halogens is 1. The fourth-order valence-electron chi connectivity index (χ4n) is 1.96. The van der Waals surface area contributed by atoms with E-state index in [-0.39, 0.29) is 24.6 Å². The van der Waals surface area contributed by atoms with Gasteiger partial charge in [0.15, 0.2) is 12.1 Å². The van der Waals surface area contributed by atoms with Gasteiger partial charge in [-0.2, -0.15) is 0 Å². The Bertz CT molecular complexity index is 201. The Kier molecular flexibility index (Phi) is 2.74. The first kappa shape index (κ1) is 10.6. The van der Waals surface area contributed by atoms with Gasteiger partial charge in [0.1, 0.15) is 18.3 Å². The number of rotatable bonds is 2. The van der Waals surface area contributed by atoms with E-state index in [0.717, 1.165) is 0 Å². The molecule has 0 radical (unpaired) electrons. The third kappa shape index (κ3) is 1.66. The summed E-state index contributed by atoms with van der Waals surface area (Å²) < 4.78 is 22.1. The number of hydrogen-bond acceptors (Lipinski definition) is 4. The summed E-state index contributed by atoms with van der Waals surface area (Å²) >= 11 is 5.77. The highest BCUT2D eigenvalue weighted by Gasteiger charge is 2.55. The fraction of sp³-hybridized carbons (Fsp3) is 1.00. The van der Waals surface area contributed by atoms with Crippen molar-refractivity contribution in [2.75, 3.05) is 13.0 Å². The van der Waals surface area contributed by atoms with Crippen LogP contribution in [0.15, 0.2) is 0 Å². The molecule has 4 atom stereocenters. The van der Waals surface area contributed by atoms with Gasteiger partial charge in [0.2, 0.25) is 0 Å². The van der Waals surface area contributed by atoms with Crippen LogP contribution < -0.4 is 0 Å². The van der Waals surface area contributed by atoms with Gasteiger partial charge in [-0.1, -0.05) is 0 Å². The number of alkyl halides is 1. The molecule has 2 aliphatic rings. The van der Waals surface area contributed by atoms with Crippen LogP contribution in [0.5, 0.6) is 0 Å². The molecule has 2 fully saturated rings. The predicted molar refractivity (Wildman–Crippen MR) is 50.2 cm³/mol. The van der Waals surface area contributed by atoms with Crippen molar-refractivity contribution in [2.24, 2.45) is 0 Å². The van der Waals surface area contributed by atoms with Gasteiger partial charge in [-0.25, -0.2) is 0 Å². The fourth-order valence-corrected chi connectivity index (χ4v) is 2.20. The van der Waals surface area contributed by atoms with Crippen molar-refractivity contribution in [2.45, 2.75) is 44.2 Å². The molecule has 0 aromatic heterocycles. The van der Waals surface area contributed by atoms with Crippen molar-refractivity contribution in [3.63, 3.8) is 0 Å². The standard InChI is InChI=1S/C9H15ClO4/c1-9(2)13-6-5(4-10)12-8(11-3)7(6)14-9/h5-8H,4H2,1-3H3/t5-,6-,7-,8-/m1/s1. The normalized spacial score (nSPS) is 45.4. The lowest BCUT2D eigenvalue weighted by molar-refractivity contribution is -0.224. The average molecular weight is 223 g/mol. The topological polar surface area (TPSA) is 36.9 Å². The van der Waals surface area contributed by atoms with Crippen LogP contribution in [0.2, 0.25) is 0 Å². The number of hydrogen-bond donors (Lipinski definition) is 0. The zero-order valence-corrected chi connectivity index (χ0v) is 9.28. The van der Waals surface area contributed by atoms with Crippen molar-refractivity contribution in [1.82, 2.24) is 0 Å². The van der Waals surface area contributed by atoms with E-state index in [2.05, 4.69) is 0 Å². The summed E-state index contributed by atoms with van der Waals surface area (Å²) in [6.45, 7) is 3.76. The van der Waals surface area contributed by atoms with E-state index in [9.17, 15) is 0 Å². The van der Waals surface area contributed by atoms with Gasteiger partial charge >= 0.3 is 0 Å². The minimum atomic E-state index is -0.569. The molecular weight excluding hydrogens is 208 g/mol. The smallest absolute Gasteiger partial charge is 0.186 e. The van der Waals surface area contributed by atoms with E-state index in [1.165, 1.54) is 0 Å². The molecule has 0 aromatic carbocycles. The molecule has 0 aromatic rings. The van der Waals surface area contributed by atoms with Gasteiger partial charge in [-0.15, -0.1) is 11.6 Å². The molecule has 2 aliphatic heterocycles. The van der Waals surface area contributed by atoms with E-state index in [0.29, 0.717) is 5.88 Å². The summed E-state index contributed by atoms with van der Waals surface area (Å²) in [6.07, 6.45) is -0.801. The lowest BCUT2D eigenvalue weighted by Crippen LogP contribution is -2.30. The quantitative estimate of drug-likeness (QED) is 0.656. The molecule has 0 N–H and O–H groups in total. The van der Waals surface area contributed by atoms with Crippen molar-refractivity contribution < 1.29 is 18.9 Å². The molecule has 4 nitrogen and oxygen atoms in total. The van der Waals surface area contributed by atoms with Crippen LogP contribution in [0.25, 0.3) is 0 Å². The van der Waals surface area contributed by atoms with E-state index >= 15 is 0 Å². The van der Waals surface area contributed by atoms with Gasteiger partial charge in [-0.3, -0.25) is 0 Å². The molecule has 2 rings (SSSR count). The van der Waals surface area contributed by atoms with Crippen molar-refractivity contribution in [1.29, 1.82) is 0 Å². The molecule has 5 heteroatoms. The monoisotopic (exact) mass is 222 g/mol. The van der Waals surface area contributed by atoms with Crippen LogP contribution in [0.1, 0.15) is 13.8 Å². The second-order valence-corrected chi connectivity index (χ2v) is 4.31. The van der Waals surface area contributed by atoms with Gasteiger partial charge < -0.3 is 18.9 Å². The highest BCUT2D eigenvalue weighted by atomic mass is 35.5. The first-order valence-corrected chi connectivity index (χ1v) is 5.21. The largest absolute Gasteiger partial charge is 0.353 e. The maximum Gasteiger partial charge on any atom is 0.186 e. The van der Waals surface area contributed by atoms with E-state index in [1.54, 1.807) is 7.11 Å². The molecule has 0 amide bonds. The Hall–Kier alpha value is 0.130. The molecule has 14 heavy (non-hydrogen) atoms. The molecule has 0 aliphatic carbocycles. The summed E-state index contributed by atoms with van der Waals surface area (Å²) in [5.41, 5.74) is 0. The van der Waals surface area contributed by atoms with Crippen LogP contribution >= 0.6 is 11.6 Å². The van der Waals surface area contributed by atoms with E-state index < -0.39 is 5.79 Å². The average Bonchev–Trinajstić information content (AvgIpc) is 2.57. The first-order chi connectivity index (χ1) is 6.57. The minimum Gasteiger partial charge on any atom is -0.353 e. The number of fused-ring (bicyclic) bond motifs is 1. The predicted octanol–water partition coefficient (Wildman–Crippen LogP) is 1.12. The summed E-state index contributed by atoms with van der Waals surface area (Å²) in [5.74, 6) is -0.180. The highest BCUT2D eigenvalue weighted by Crippen LogP contribution is 2.39. The summed E-state index contributed by atoms with van der Waals surface area (Å²) in [6, 6.07) is 0. The lowest BCUT2D eigenvalue weighted by Gasteiger charge is -2.22. The molecule has 2 saturated heterocycles. The zero-order valence-electron chi connectivity index (χ0n) is 8.53. The third-order valence-corrected chi connectivity index (χ3v) is 2.80. The summed E-state index contributed by atoms with van der Waals surface area (Å²) in [4.78, 5) is 0. The molecule has 82 valence electrons. The first-order valence-electron chi connectivity index (χ1n) is 4.67. The molecular formula is C9H15ClO4. The Morgan fingerprint density at radius 2 is 1.93 bits per heavy atom. The second-order valence-electron chi connectivity index (χ2n) is 4.00. The van der Waals surface area contributed by atoms with Gasteiger partial charge in [0, 0.05) is 7.11 Å². The Morgan fingerprint density at radius 1 is 1.29 bits per heavy atom. The third-order valence-electron chi connectivity index (χ3n) is 2.49. The van der Waals surface area contributed by atoms with Crippen molar-refractivity contribution in [3.8, 4) is 0 Å². The van der Waals surface area contributed by atoms with E-state index in [1.807, 2.05) is 13.8 Å². The maximum absolute atomic E-state index is 5.77. The highest BCUT2D eigenvalue weighted by molar-refractivity contribution is 6.18. The molecule has 2 heterocycles. The van der Waals surface area contributed by atoms with Crippen LogP contribution in [0.3, 0.4) is 0 Å². The van der Waals surface area contributed by atoms with Gasteiger partial charge in [-0.05, 0) is 13.8 Å².